The van der Waals surface area contributed by atoms with Gasteiger partial charge in [0.15, 0.2) is 5.69 Å². The van der Waals surface area contributed by atoms with E-state index in [4.69, 9.17) is 16.3 Å². The van der Waals surface area contributed by atoms with Gasteiger partial charge in [-0.15, -0.1) is 11.3 Å². The first-order chi connectivity index (χ1) is 14.8. The molecule has 2 aromatic rings. The van der Waals surface area contributed by atoms with Crippen molar-refractivity contribution >= 4 is 45.7 Å². The number of rotatable bonds is 7. The van der Waals surface area contributed by atoms with Crippen LogP contribution in [0.5, 0.6) is 0 Å². The molecule has 13 heteroatoms. The molecule has 0 saturated carbocycles. The second-order valence-electron chi connectivity index (χ2n) is 7.05. The standard InChI is InChI=1S/C19H22ClF3N4O4S/c1-6-7-31-18(30)12-9(2)14(17(29)26(4)5)32-16(12)24-11(28)8-27-10(3)13(20)15(25-27)19(21,22)23/h6-8H2,1-5H3,(H,24,28). The Labute approximate surface area is 191 Å². The third-order valence-corrected chi connectivity index (χ3v) is 5.98. The summed E-state index contributed by atoms with van der Waals surface area (Å²) in [5.41, 5.74) is -0.974. The largest absolute Gasteiger partial charge is 0.462 e. The van der Waals surface area contributed by atoms with E-state index in [1.165, 1.54) is 25.9 Å². The van der Waals surface area contributed by atoms with Crippen molar-refractivity contribution in [1.29, 1.82) is 0 Å². The Hall–Kier alpha value is -2.60. The van der Waals surface area contributed by atoms with Crippen LogP contribution < -0.4 is 5.32 Å². The summed E-state index contributed by atoms with van der Waals surface area (Å²) >= 11 is 6.59. The molecule has 2 heterocycles. The zero-order valence-electron chi connectivity index (χ0n) is 18.0. The number of nitrogens with one attached hydrogen (secondary N) is 1. The van der Waals surface area contributed by atoms with Gasteiger partial charge in [-0.05, 0) is 25.8 Å². The maximum absolute atomic E-state index is 13.0. The molecule has 0 unspecified atom stereocenters. The maximum atomic E-state index is 13.0. The van der Waals surface area contributed by atoms with Crippen molar-refractivity contribution in [3.63, 3.8) is 0 Å². The molecular formula is C19H22ClF3N4O4S. The van der Waals surface area contributed by atoms with E-state index in [0.29, 0.717) is 12.0 Å². The quantitative estimate of drug-likeness (QED) is 0.584. The lowest BCUT2D eigenvalue weighted by Gasteiger charge is -2.09. The van der Waals surface area contributed by atoms with E-state index in [1.54, 1.807) is 6.92 Å². The van der Waals surface area contributed by atoms with E-state index in [9.17, 15) is 27.6 Å². The van der Waals surface area contributed by atoms with Gasteiger partial charge in [0.25, 0.3) is 5.91 Å². The summed E-state index contributed by atoms with van der Waals surface area (Å²) in [5, 5.41) is 5.34. The highest BCUT2D eigenvalue weighted by Gasteiger charge is 2.38. The van der Waals surface area contributed by atoms with Gasteiger partial charge in [0, 0.05) is 14.1 Å². The summed E-state index contributed by atoms with van der Waals surface area (Å²) in [6.07, 6.45) is -4.20. The molecular weight excluding hydrogens is 473 g/mol. The first-order valence-corrected chi connectivity index (χ1v) is 10.6. The Kier molecular flexibility index (Phi) is 7.94. The summed E-state index contributed by atoms with van der Waals surface area (Å²) in [7, 11) is 3.08. The number of halogens is 4. The Morgan fingerprint density at radius 1 is 1.25 bits per heavy atom. The highest BCUT2D eigenvalue weighted by Crippen LogP contribution is 2.36. The average molecular weight is 495 g/mol. The van der Waals surface area contributed by atoms with Gasteiger partial charge in [-0.2, -0.15) is 18.3 Å². The van der Waals surface area contributed by atoms with Crippen LogP contribution in [-0.2, 0) is 22.3 Å². The predicted octanol–water partition coefficient (Wildman–Crippen LogP) is 4.14. The van der Waals surface area contributed by atoms with Gasteiger partial charge in [0.2, 0.25) is 5.91 Å². The number of amides is 2. The third-order valence-electron chi connectivity index (χ3n) is 4.34. The number of aromatic nitrogens is 2. The van der Waals surface area contributed by atoms with Gasteiger partial charge in [0.1, 0.15) is 11.5 Å². The normalized spacial score (nSPS) is 11.4. The van der Waals surface area contributed by atoms with Crippen molar-refractivity contribution in [2.75, 3.05) is 26.0 Å². The highest BCUT2D eigenvalue weighted by molar-refractivity contribution is 7.18. The van der Waals surface area contributed by atoms with Gasteiger partial charge in [-0.3, -0.25) is 14.3 Å². The molecule has 0 saturated heterocycles. The van der Waals surface area contributed by atoms with Gasteiger partial charge in [-0.1, -0.05) is 18.5 Å². The molecule has 0 aliphatic heterocycles. The fourth-order valence-corrected chi connectivity index (χ4v) is 4.16. The predicted molar refractivity (Wildman–Crippen MR) is 113 cm³/mol. The van der Waals surface area contributed by atoms with Gasteiger partial charge >= 0.3 is 12.1 Å². The van der Waals surface area contributed by atoms with Crippen molar-refractivity contribution in [3.8, 4) is 0 Å². The van der Waals surface area contributed by atoms with Gasteiger partial charge < -0.3 is 15.0 Å². The van der Waals surface area contributed by atoms with Crippen LogP contribution in [0.15, 0.2) is 0 Å². The molecule has 0 spiro atoms. The summed E-state index contributed by atoms with van der Waals surface area (Å²) < 4.78 is 45.0. The molecule has 176 valence electrons. The van der Waals surface area contributed by atoms with Crippen LogP contribution in [0.2, 0.25) is 5.02 Å². The first-order valence-electron chi connectivity index (χ1n) is 9.41. The Bertz CT molecular complexity index is 1050. The molecule has 32 heavy (non-hydrogen) atoms. The zero-order valence-corrected chi connectivity index (χ0v) is 19.6. The van der Waals surface area contributed by atoms with Crippen molar-refractivity contribution in [1.82, 2.24) is 14.7 Å². The summed E-state index contributed by atoms with van der Waals surface area (Å²) in [4.78, 5) is 39.1. The van der Waals surface area contributed by atoms with Crippen LogP contribution in [0.3, 0.4) is 0 Å². The van der Waals surface area contributed by atoms with Crippen molar-refractivity contribution in [3.05, 3.63) is 32.4 Å². The minimum absolute atomic E-state index is 0.0215. The number of nitrogens with zero attached hydrogens (tertiary/aromatic N) is 3. The lowest BCUT2D eigenvalue weighted by molar-refractivity contribution is -0.141. The van der Waals surface area contributed by atoms with Gasteiger partial charge in [-0.25, -0.2) is 4.79 Å². The number of alkyl halides is 3. The topological polar surface area (TPSA) is 93.5 Å². The highest BCUT2D eigenvalue weighted by atomic mass is 35.5. The van der Waals surface area contributed by atoms with E-state index >= 15 is 0 Å². The summed E-state index contributed by atoms with van der Waals surface area (Å²) in [6, 6.07) is 0. The molecule has 2 aromatic heterocycles. The molecule has 0 atom stereocenters. The molecule has 2 rings (SSSR count). The number of ether oxygens (including phenoxy) is 1. The van der Waals surface area contributed by atoms with Crippen LogP contribution in [0.4, 0.5) is 18.2 Å². The smallest absolute Gasteiger partial charge is 0.436 e. The van der Waals surface area contributed by atoms with E-state index in [-0.39, 0.29) is 33.6 Å². The van der Waals surface area contributed by atoms with Crippen molar-refractivity contribution in [2.24, 2.45) is 0 Å². The van der Waals surface area contributed by atoms with E-state index < -0.39 is 35.3 Å². The molecule has 0 aromatic carbocycles. The van der Waals surface area contributed by atoms with E-state index in [0.717, 1.165) is 16.0 Å². The lowest BCUT2D eigenvalue weighted by Crippen LogP contribution is -2.22. The Morgan fingerprint density at radius 3 is 2.38 bits per heavy atom. The molecule has 8 nitrogen and oxygen atoms in total. The number of carbonyl (C=O) groups excluding carboxylic acids is 3. The minimum Gasteiger partial charge on any atom is -0.462 e. The monoisotopic (exact) mass is 494 g/mol. The molecule has 2 amide bonds. The van der Waals surface area contributed by atoms with Gasteiger partial charge in [0.05, 0.1) is 27.8 Å². The third kappa shape index (κ3) is 5.41. The molecule has 0 bridgehead atoms. The lowest BCUT2D eigenvalue weighted by atomic mass is 10.1. The second-order valence-corrected chi connectivity index (χ2v) is 8.45. The maximum Gasteiger partial charge on any atom is 0.436 e. The first kappa shape index (κ1) is 25.7. The van der Waals surface area contributed by atoms with Crippen molar-refractivity contribution in [2.45, 2.75) is 39.9 Å². The number of thiophene rings is 1. The number of esters is 1. The van der Waals surface area contributed by atoms with Crippen LogP contribution >= 0.6 is 22.9 Å². The SMILES string of the molecule is CCCOC(=O)c1c(NC(=O)Cn2nc(C(F)(F)F)c(Cl)c2C)sc(C(=O)N(C)C)c1C. The van der Waals surface area contributed by atoms with E-state index in [2.05, 4.69) is 10.4 Å². The number of hydrogen-bond donors (Lipinski definition) is 1. The fraction of sp³-hybridized carbons (Fsp3) is 0.474. The molecule has 0 radical (unpaired) electrons. The molecule has 0 fully saturated rings. The molecule has 1 N–H and O–H groups in total. The summed E-state index contributed by atoms with van der Waals surface area (Å²) in [5.74, 6) is -1.84. The zero-order chi connectivity index (χ0) is 24.4. The minimum atomic E-state index is -4.77. The average Bonchev–Trinajstić information content (AvgIpc) is 3.16. The number of anilines is 1. The fourth-order valence-electron chi connectivity index (χ4n) is 2.68. The second kappa shape index (κ2) is 9.90. The van der Waals surface area contributed by atoms with Crippen LogP contribution in [0.25, 0.3) is 0 Å². The van der Waals surface area contributed by atoms with E-state index in [1.807, 2.05) is 6.92 Å². The number of hydrogen-bond acceptors (Lipinski definition) is 6. The molecule has 0 aliphatic rings. The number of carbonyl (C=O) groups is 3. The summed E-state index contributed by atoms with van der Waals surface area (Å²) in [6.45, 7) is 4.22. The van der Waals surface area contributed by atoms with Crippen molar-refractivity contribution < 1.29 is 32.3 Å². The van der Waals surface area contributed by atoms with Crippen LogP contribution in [0.1, 0.15) is 50.3 Å². The Balaban J connectivity index is 2.37. The Morgan fingerprint density at radius 2 is 1.88 bits per heavy atom. The molecule has 0 aliphatic carbocycles. The van der Waals surface area contributed by atoms with Crippen LogP contribution in [-0.4, -0.2) is 53.2 Å². The van der Waals surface area contributed by atoms with Crippen LogP contribution in [0, 0.1) is 13.8 Å².